The summed E-state index contributed by atoms with van der Waals surface area (Å²) < 4.78 is 12.1. The van der Waals surface area contributed by atoms with Crippen molar-refractivity contribution in [3.63, 3.8) is 0 Å². The minimum atomic E-state index is -0.398. The zero-order valence-corrected chi connectivity index (χ0v) is 15.9. The van der Waals surface area contributed by atoms with Crippen LogP contribution in [0.25, 0.3) is 0 Å². The predicted octanol–water partition coefficient (Wildman–Crippen LogP) is 1.62. The van der Waals surface area contributed by atoms with E-state index < -0.39 is 7.12 Å². The standard InChI is InChI=1S/C18H29BN2O3/c1-17(2)18(3,4)24-19(23-17)15-10-8-14(9-11-15)16(22)21(7)13-12-20(5)6/h8-11H,12-13H2,1-7H3. The quantitative estimate of drug-likeness (QED) is 0.769. The van der Waals surface area contributed by atoms with Crippen molar-refractivity contribution >= 4 is 18.5 Å². The van der Waals surface area contributed by atoms with Crippen LogP contribution < -0.4 is 5.46 Å². The van der Waals surface area contributed by atoms with Gasteiger partial charge in [0.25, 0.3) is 5.91 Å². The van der Waals surface area contributed by atoms with Crippen LogP contribution in [0.3, 0.4) is 0 Å². The van der Waals surface area contributed by atoms with Gasteiger partial charge >= 0.3 is 7.12 Å². The van der Waals surface area contributed by atoms with Gasteiger partial charge in [-0.15, -0.1) is 0 Å². The van der Waals surface area contributed by atoms with Crippen LogP contribution >= 0.6 is 0 Å². The van der Waals surface area contributed by atoms with Gasteiger partial charge in [0.05, 0.1) is 11.2 Å². The maximum atomic E-state index is 12.4. The SMILES string of the molecule is CN(C)CCN(C)C(=O)c1ccc(B2OC(C)(C)C(C)(C)O2)cc1. The number of amides is 1. The summed E-state index contributed by atoms with van der Waals surface area (Å²) in [6.45, 7) is 9.67. The molecule has 0 bridgehead atoms. The van der Waals surface area contributed by atoms with Crippen LogP contribution in [0.4, 0.5) is 0 Å². The molecule has 0 aliphatic carbocycles. The topological polar surface area (TPSA) is 42.0 Å². The van der Waals surface area contributed by atoms with Crippen molar-refractivity contribution in [1.29, 1.82) is 0 Å². The van der Waals surface area contributed by atoms with Crippen LogP contribution in [0.5, 0.6) is 0 Å². The average Bonchev–Trinajstić information content (AvgIpc) is 2.72. The molecule has 0 unspecified atom stereocenters. The minimum Gasteiger partial charge on any atom is -0.399 e. The van der Waals surface area contributed by atoms with Crippen LogP contribution in [-0.4, -0.2) is 68.3 Å². The molecule has 1 amide bonds. The lowest BCUT2D eigenvalue weighted by Crippen LogP contribution is -2.41. The summed E-state index contributed by atoms with van der Waals surface area (Å²) in [6.07, 6.45) is 0. The zero-order valence-electron chi connectivity index (χ0n) is 15.9. The molecule has 24 heavy (non-hydrogen) atoms. The van der Waals surface area contributed by atoms with Gasteiger partial charge in [-0.05, 0) is 59.4 Å². The lowest BCUT2D eigenvalue weighted by atomic mass is 9.79. The van der Waals surface area contributed by atoms with Gasteiger partial charge in [0.1, 0.15) is 0 Å². The first kappa shape index (κ1) is 19.0. The average molecular weight is 332 g/mol. The first-order chi connectivity index (χ1) is 11.0. The molecule has 0 aromatic heterocycles. The number of carbonyl (C=O) groups excluding carboxylic acids is 1. The lowest BCUT2D eigenvalue weighted by molar-refractivity contribution is 0.00578. The van der Waals surface area contributed by atoms with Gasteiger partial charge in [-0.3, -0.25) is 4.79 Å². The molecule has 1 fully saturated rings. The Morgan fingerprint density at radius 1 is 0.958 bits per heavy atom. The van der Waals surface area contributed by atoms with Crippen molar-refractivity contribution < 1.29 is 14.1 Å². The summed E-state index contributed by atoms with van der Waals surface area (Å²) in [5.74, 6) is 0.0253. The van der Waals surface area contributed by atoms with E-state index in [0.29, 0.717) is 12.1 Å². The molecule has 0 atom stereocenters. The minimum absolute atomic E-state index is 0.0253. The Labute approximate surface area is 146 Å². The van der Waals surface area contributed by atoms with Crippen LogP contribution in [0.2, 0.25) is 0 Å². The first-order valence-electron chi connectivity index (χ1n) is 8.39. The van der Waals surface area contributed by atoms with E-state index in [2.05, 4.69) is 4.90 Å². The van der Waals surface area contributed by atoms with Gasteiger partial charge in [0.15, 0.2) is 0 Å². The van der Waals surface area contributed by atoms with E-state index in [4.69, 9.17) is 9.31 Å². The van der Waals surface area contributed by atoms with E-state index in [0.717, 1.165) is 12.0 Å². The van der Waals surface area contributed by atoms with Gasteiger partial charge in [0.2, 0.25) is 0 Å². The number of carbonyl (C=O) groups is 1. The number of nitrogens with zero attached hydrogens (tertiary/aromatic N) is 2. The summed E-state index contributed by atoms with van der Waals surface area (Å²) in [6, 6.07) is 7.51. The maximum Gasteiger partial charge on any atom is 0.494 e. The van der Waals surface area contributed by atoms with Crippen molar-refractivity contribution in [1.82, 2.24) is 9.80 Å². The predicted molar refractivity (Wildman–Crippen MR) is 97.7 cm³/mol. The highest BCUT2D eigenvalue weighted by atomic mass is 16.7. The molecule has 1 aromatic carbocycles. The number of hydrogen-bond donors (Lipinski definition) is 0. The largest absolute Gasteiger partial charge is 0.494 e. The number of rotatable bonds is 5. The molecule has 1 heterocycles. The van der Waals surface area contributed by atoms with Crippen molar-refractivity contribution in [2.75, 3.05) is 34.2 Å². The van der Waals surface area contributed by atoms with Crippen LogP contribution in [0, 0.1) is 0 Å². The van der Waals surface area contributed by atoms with Crippen molar-refractivity contribution in [3.05, 3.63) is 29.8 Å². The second-order valence-corrected chi connectivity index (χ2v) is 7.74. The molecule has 5 nitrogen and oxygen atoms in total. The molecule has 6 heteroatoms. The Hall–Kier alpha value is -1.37. The smallest absolute Gasteiger partial charge is 0.399 e. The highest BCUT2D eigenvalue weighted by molar-refractivity contribution is 6.62. The van der Waals surface area contributed by atoms with Gasteiger partial charge in [-0.2, -0.15) is 0 Å². The Balaban J connectivity index is 2.05. The molecule has 1 aliphatic rings. The summed E-state index contributed by atoms with van der Waals surface area (Å²) in [5, 5.41) is 0. The third-order valence-corrected chi connectivity index (χ3v) is 4.91. The van der Waals surface area contributed by atoms with Crippen LogP contribution in [-0.2, 0) is 9.31 Å². The number of hydrogen-bond acceptors (Lipinski definition) is 4. The first-order valence-corrected chi connectivity index (χ1v) is 8.39. The Bertz CT molecular complexity index is 568. The molecule has 1 aliphatic heterocycles. The molecule has 0 spiro atoms. The maximum absolute atomic E-state index is 12.4. The summed E-state index contributed by atoms with van der Waals surface area (Å²) in [4.78, 5) is 16.2. The van der Waals surface area contributed by atoms with E-state index in [-0.39, 0.29) is 17.1 Å². The Morgan fingerprint density at radius 2 is 1.46 bits per heavy atom. The zero-order chi connectivity index (χ0) is 18.1. The Kier molecular flexibility index (Phi) is 5.42. The van der Waals surface area contributed by atoms with Crippen molar-refractivity contribution in [2.45, 2.75) is 38.9 Å². The van der Waals surface area contributed by atoms with E-state index in [9.17, 15) is 4.79 Å². The fourth-order valence-electron chi connectivity index (χ4n) is 2.43. The fourth-order valence-corrected chi connectivity index (χ4v) is 2.43. The van der Waals surface area contributed by atoms with Crippen LogP contribution in [0.1, 0.15) is 38.1 Å². The summed E-state index contributed by atoms with van der Waals surface area (Å²) in [5.41, 5.74) is 0.884. The number of benzene rings is 1. The van der Waals surface area contributed by atoms with E-state index >= 15 is 0 Å². The fraction of sp³-hybridized carbons (Fsp3) is 0.611. The van der Waals surface area contributed by atoms with E-state index in [1.54, 1.807) is 4.90 Å². The van der Waals surface area contributed by atoms with Gasteiger partial charge in [-0.1, -0.05) is 12.1 Å². The monoisotopic (exact) mass is 332 g/mol. The molecule has 132 valence electrons. The molecular formula is C18H29BN2O3. The van der Waals surface area contributed by atoms with E-state index in [1.807, 2.05) is 73.1 Å². The summed E-state index contributed by atoms with van der Waals surface area (Å²) >= 11 is 0. The molecule has 1 saturated heterocycles. The molecule has 0 N–H and O–H groups in total. The second-order valence-electron chi connectivity index (χ2n) is 7.74. The van der Waals surface area contributed by atoms with Gasteiger partial charge < -0.3 is 19.1 Å². The number of likely N-dealkylation sites (N-methyl/N-ethyl adjacent to an activating group) is 2. The van der Waals surface area contributed by atoms with Crippen molar-refractivity contribution in [2.24, 2.45) is 0 Å². The molecule has 1 aromatic rings. The third kappa shape index (κ3) is 3.99. The molecule has 0 radical (unpaired) electrons. The van der Waals surface area contributed by atoms with Gasteiger partial charge in [0, 0.05) is 25.7 Å². The molecular weight excluding hydrogens is 303 g/mol. The third-order valence-electron chi connectivity index (χ3n) is 4.91. The van der Waals surface area contributed by atoms with E-state index in [1.165, 1.54) is 0 Å². The highest BCUT2D eigenvalue weighted by Crippen LogP contribution is 2.36. The summed E-state index contributed by atoms with van der Waals surface area (Å²) in [7, 11) is 5.43. The highest BCUT2D eigenvalue weighted by Gasteiger charge is 2.51. The molecule has 0 saturated carbocycles. The van der Waals surface area contributed by atoms with Gasteiger partial charge in [-0.25, -0.2) is 0 Å². The normalized spacial score (nSPS) is 18.9. The second kappa shape index (κ2) is 6.86. The molecule has 2 rings (SSSR count). The van der Waals surface area contributed by atoms with Crippen molar-refractivity contribution in [3.8, 4) is 0 Å². The Morgan fingerprint density at radius 3 is 1.92 bits per heavy atom. The van der Waals surface area contributed by atoms with Crippen LogP contribution in [0.15, 0.2) is 24.3 Å². The lowest BCUT2D eigenvalue weighted by Gasteiger charge is -2.32.